The van der Waals surface area contributed by atoms with Crippen LogP contribution in [0.2, 0.25) is 0 Å². The first-order chi connectivity index (χ1) is 28.1. The van der Waals surface area contributed by atoms with Crippen LogP contribution in [-0.2, 0) is 47.5 Å². The van der Waals surface area contributed by atoms with Gasteiger partial charge in [-0.1, -0.05) is 12.1 Å². The third kappa shape index (κ3) is 8.34. The molecule has 0 aromatic heterocycles. The van der Waals surface area contributed by atoms with E-state index in [1.807, 2.05) is 0 Å². The number of fused-ring (bicyclic) bond motifs is 3. The molecule has 0 spiro atoms. The quantitative estimate of drug-likeness (QED) is 0.0510. The molecule has 20 heteroatoms. The van der Waals surface area contributed by atoms with E-state index >= 15 is 0 Å². The van der Waals surface area contributed by atoms with Crippen molar-refractivity contribution in [3.8, 4) is 23.0 Å². The molecular formula is C39H44O20. The Hall–Kier alpha value is -4.84. The topological polar surface area (TPSA) is 314 Å². The third-order valence-corrected chi connectivity index (χ3v) is 11.0. The second kappa shape index (κ2) is 17.0. The molecular weight excluding hydrogens is 788 g/mol. The van der Waals surface area contributed by atoms with Gasteiger partial charge in [-0.15, -0.1) is 0 Å². The first-order valence-corrected chi connectivity index (χ1v) is 18.5. The van der Waals surface area contributed by atoms with Crippen LogP contribution in [-0.4, -0.2) is 162 Å². The highest BCUT2D eigenvalue weighted by molar-refractivity contribution is 5.88. The average molecular weight is 833 g/mol. The smallest absolute Gasteiger partial charge is 0.331 e. The molecule has 0 bridgehead atoms. The Morgan fingerprint density at radius 1 is 0.712 bits per heavy atom. The number of epoxide rings is 1. The van der Waals surface area contributed by atoms with Crippen LogP contribution in [0.5, 0.6) is 23.0 Å². The lowest BCUT2D eigenvalue weighted by atomic mass is 9.85. The van der Waals surface area contributed by atoms with Crippen molar-refractivity contribution in [2.24, 2.45) is 11.8 Å². The molecule has 0 amide bonds. The molecule has 59 heavy (non-hydrogen) atoms. The van der Waals surface area contributed by atoms with E-state index in [0.717, 1.165) is 12.2 Å². The lowest BCUT2D eigenvalue weighted by Crippen LogP contribution is -2.61. The maximum Gasteiger partial charge on any atom is 0.331 e. The number of ether oxygens (including phenoxy) is 8. The first kappa shape index (κ1) is 42.3. The van der Waals surface area contributed by atoms with Gasteiger partial charge in [-0.25, -0.2) is 9.59 Å². The summed E-state index contributed by atoms with van der Waals surface area (Å²) in [4.78, 5) is 26.6. The van der Waals surface area contributed by atoms with Crippen LogP contribution in [0.15, 0.2) is 60.9 Å². The standard InChI is InChI=1S/C39H44O20/c1-16-28(48)33(55-25(46)8-4-17-2-6-20(42)22(44)12-17)34(56-26(47)9-5-18-3-7-21(43)23(45)13-18)38(53-16)57-32-19-10-11-52-36(27(19)39(15-41)35(32)59-39)58-37-31(51)30(50)29(49)24(14-40)54-37/h2-13,16,19,24,27-38,40-45,48-51H,14-15H2,1H3/b8-4+,9-5+/t16-,19+,24+,27+,28-,29+,30-,31+,32-,33+,34+,35-,36-,37-,38-,39+/m0/s1. The molecule has 7 rings (SSSR count). The van der Waals surface area contributed by atoms with Crippen LogP contribution in [0.25, 0.3) is 12.2 Å². The van der Waals surface area contributed by atoms with E-state index in [-0.39, 0.29) is 5.75 Å². The van der Waals surface area contributed by atoms with E-state index in [9.17, 15) is 60.7 Å². The van der Waals surface area contributed by atoms with Crippen molar-refractivity contribution < 1.29 is 98.5 Å². The molecule has 5 aliphatic rings. The number of esters is 2. The fourth-order valence-electron chi connectivity index (χ4n) is 7.78. The number of hydrogen-bond acceptors (Lipinski definition) is 20. The highest BCUT2D eigenvalue weighted by Gasteiger charge is 2.77. The van der Waals surface area contributed by atoms with Gasteiger partial charge in [-0.2, -0.15) is 0 Å². The number of phenolic OH excluding ortho intramolecular Hbond substituents is 4. The van der Waals surface area contributed by atoms with Crippen molar-refractivity contribution in [3.63, 3.8) is 0 Å². The lowest BCUT2D eigenvalue weighted by Gasteiger charge is -2.44. The van der Waals surface area contributed by atoms with E-state index in [4.69, 9.17) is 37.9 Å². The van der Waals surface area contributed by atoms with Gasteiger partial charge in [0.15, 0.2) is 47.8 Å². The molecule has 2 aromatic carbocycles. The number of carbonyl (C=O) groups excluding carboxylic acids is 2. The van der Waals surface area contributed by atoms with Gasteiger partial charge >= 0.3 is 11.9 Å². The summed E-state index contributed by atoms with van der Waals surface area (Å²) in [6.45, 7) is 0.163. The molecule has 16 atom stereocenters. The summed E-state index contributed by atoms with van der Waals surface area (Å²) in [6, 6.07) is 7.58. The average Bonchev–Trinajstić information content (AvgIpc) is 3.89. The molecule has 2 aromatic rings. The van der Waals surface area contributed by atoms with Crippen molar-refractivity contribution in [2.45, 2.75) is 92.4 Å². The number of aliphatic hydroxyl groups excluding tert-OH is 6. The molecule has 0 radical (unpaired) electrons. The normalized spacial score (nSPS) is 38.7. The zero-order chi connectivity index (χ0) is 42.3. The Bertz CT molecular complexity index is 1950. The van der Waals surface area contributed by atoms with Crippen LogP contribution in [0.1, 0.15) is 18.1 Å². The first-order valence-electron chi connectivity index (χ1n) is 18.5. The van der Waals surface area contributed by atoms with Gasteiger partial charge in [-0.3, -0.25) is 0 Å². The van der Waals surface area contributed by atoms with Crippen LogP contribution in [0.4, 0.5) is 0 Å². The van der Waals surface area contributed by atoms with E-state index in [2.05, 4.69) is 0 Å². The molecule has 1 saturated carbocycles. The largest absolute Gasteiger partial charge is 0.504 e. The maximum absolute atomic E-state index is 13.4. The number of hydrogen-bond donors (Lipinski definition) is 10. The van der Waals surface area contributed by atoms with Crippen LogP contribution < -0.4 is 0 Å². The fourth-order valence-corrected chi connectivity index (χ4v) is 7.78. The summed E-state index contributed by atoms with van der Waals surface area (Å²) in [7, 11) is 0. The highest BCUT2D eigenvalue weighted by atomic mass is 16.8. The lowest BCUT2D eigenvalue weighted by molar-refractivity contribution is -0.347. The predicted octanol–water partition coefficient (Wildman–Crippen LogP) is -1.39. The van der Waals surface area contributed by atoms with Gasteiger partial charge in [0, 0.05) is 18.1 Å². The zero-order valence-corrected chi connectivity index (χ0v) is 31.1. The Labute approximate surface area is 334 Å². The second-order valence-corrected chi connectivity index (χ2v) is 14.7. The van der Waals surface area contributed by atoms with Gasteiger partial charge in [0.25, 0.3) is 0 Å². The van der Waals surface area contributed by atoms with Gasteiger partial charge in [-0.05, 0) is 60.5 Å². The van der Waals surface area contributed by atoms with E-state index in [1.165, 1.54) is 61.7 Å². The summed E-state index contributed by atoms with van der Waals surface area (Å²) in [6.07, 6.45) is -11.5. The van der Waals surface area contributed by atoms with Gasteiger partial charge in [0.2, 0.25) is 6.29 Å². The van der Waals surface area contributed by atoms with E-state index < -0.39 is 140 Å². The Balaban J connectivity index is 1.14. The van der Waals surface area contributed by atoms with Gasteiger partial charge in [0.05, 0.1) is 37.6 Å². The Kier molecular flexibility index (Phi) is 12.2. The summed E-state index contributed by atoms with van der Waals surface area (Å²) in [5.41, 5.74) is -0.761. The monoisotopic (exact) mass is 832 g/mol. The molecule has 4 aliphatic heterocycles. The Morgan fingerprint density at radius 3 is 1.90 bits per heavy atom. The molecule has 20 nitrogen and oxygen atoms in total. The molecule has 3 saturated heterocycles. The number of aromatic hydroxyl groups is 4. The highest BCUT2D eigenvalue weighted by Crippen LogP contribution is 2.61. The summed E-state index contributed by atoms with van der Waals surface area (Å²) < 4.78 is 47.1. The molecule has 320 valence electrons. The predicted molar refractivity (Wildman–Crippen MR) is 193 cm³/mol. The second-order valence-electron chi connectivity index (χ2n) is 14.7. The van der Waals surface area contributed by atoms with Crippen LogP contribution in [0, 0.1) is 11.8 Å². The van der Waals surface area contributed by atoms with Crippen molar-refractivity contribution in [2.75, 3.05) is 13.2 Å². The molecule has 4 heterocycles. The number of benzene rings is 2. The SMILES string of the molecule is C[C@@H]1O[C@@H](O[C@H]2[C@@H]3C=CO[C@@H](O[C@@H]4O[C@H](CO)[C@@H](O)[C@H](O)[C@H]4O)[C@@H]3[C@@]3(CO)O[C@@H]23)[C@H](OC(=O)/C=C/c2ccc(O)c(O)c2)[C@H](OC(=O)/C=C/c2ccc(O)c(O)c2)[C@H]1O. The summed E-state index contributed by atoms with van der Waals surface area (Å²) in [5, 5.41) is 102. The molecule has 4 fully saturated rings. The Morgan fingerprint density at radius 2 is 1.32 bits per heavy atom. The van der Waals surface area contributed by atoms with Gasteiger partial charge in [0.1, 0.15) is 42.2 Å². The minimum absolute atomic E-state index is 0.294. The van der Waals surface area contributed by atoms with Gasteiger partial charge < -0.3 is 89.0 Å². The van der Waals surface area contributed by atoms with E-state index in [0.29, 0.717) is 11.1 Å². The van der Waals surface area contributed by atoms with Crippen molar-refractivity contribution in [1.82, 2.24) is 0 Å². The number of phenols is 4. The minimum atomic E-state index is -1.77. The summed E-state index contributed by atoms with van der Waals surface area (Å²) in [5.74, 6) is -5.31. The zero-order valence-electron chi connectivity index (χ0n) is 31.1. The van der Waals surface area contributed by atoms with Crippen LogP contribution in [0.3, 0.4) is 0 Å². The number of carbonyl (C=O) groups is 2. The third-order valence-electron chi connectivity index (χ3n) is 11.0. The van der Waals surface area contributed by atoms with Crippen molar-refractivity contribution in [3.05, 3.63) is 72.0 Å². The molecule has 10 N–H and O–H groups in total. The van der Waals surface area contributed by atoms with Crippen LogP contribution >= 0.6 is 0 Å². The fraction of sp³-hybridized carbons (Fsp3) is 0.487. The van der Waals surface area contributed by atoms with Crippen molar-refractivity contribution >= 4 is 24.1 Å². The molecule has 1 aliphatic carbocycles. The van der Waals surface area contributed by atoms with E-state index in [1.54, 1.807) is 6.08 Å². The molecule has 0 unspecified atom stereocenters. The minimum Gasteiger partial charge on any atom is -0.504 e. The number of aliphatic hydroxyl groups is 6. The maximum atomic E-state index is 13.4. The number of rotatable bonds is 12. The summed E-state index contributed by atoms with van der Waals surface area (Å²) >= 11 is 0. The van der Waals surface area contributed by atoms with Crippen molar-refractivity contribution in [1.29, 1.82) is 0 Å².